The summed E-state index contributed by atoms with van der Waals surface area (Å²) in [4.78, 5) is 19.4. The molecule has 0 bridgehead atoms. The Morgan fingerprint density at radius 2 is 1.58 bits per heavy atom. The van der Waals surface area contributed by atoms with Gasteiger partial charge in [0.1, 0.15) is 5.75 Å². The molecule has 2 aromatic carbocycles. The summed E-state index contributed by atoms with van der Waals surface area (Å²) in [5.41, 5.74) is 2.58. The molecule has 0 fully saturated rings. The highest BCUT2D eigenvalue weighted by molar-refractivity contribution is 6.11. The first-order valence-electron chi connectivity index (χ1n) is 9.60. The summed E-state index contributed by atoms with van der Waals surface area (Å²) in [7, 11) is 6.26. The number of aromatic nitrogens is 1. The van der Waals surface area contributed by atoms with Gasteiger partial charge in [-0.1, -0.05) is 0 Å². The number of amides is 1. The van der Waals surface area contributed by atoms with Gasteiger partial charge in [0.25, 0.3) is 5.91 Å². The first kappa shape index (κ1) is 20.3. The molecule has 0 aliphatic carbocycles. The van der Waals surface area contributed by atoms with E-state index in [-0.39, 0.29) is 5.91 Å². The van der Waals surface area contributed by atoms with Crippen molar-refractivity contribution in [3.8, 4) is 23.0 Å². The largest absolute Gasteiger partial charge is 0.497 e. The Morgan fingerprint density at radius 1 is 0.903 bits per heavy atom. The number of pyridine rings is 1. The van der Waals surface area contributed by atoms with E-state index in [0.717, 1.165) is 0 Å². The molecule has 1 amide bonds. The topological polar surface area (TPSA) is 82.2 Å². The van der Waals surface area contributed by atoms with Gasteiger partial charge in [0.15, 0.2) is 17.7 Å². The Balaban J connectivity index is 1.77. The molecule has 2 heterocycles. The second-order valence-corrected chi connectivity index (χ2v) is 6.77. The number of methoxy groups -OCH3 is 4. The van der Waals surface area contributed by atoms with Gasteiger partial charge in [-0.25, -0.2) is 0 Å². The van der Waals surface area contributed by atoms with Gasteiger partial charge in [0.05, 0.1) is 39.7 Å². The van der Waals surface area contributed by atoms with Gasteiger partial charge in [-0.2, -0.15) is 0 Å². The maximum atomic E-state index is 13.2. The van der Waals surface area contributed by atoms with Crippen molar-refractivity contribution < 1.29 is 23.7 Å². The molecule has 1 atom stereocenters. The molecule has 0 radical (unpaired) electrons. The minimum Gasteiger partial charge on any atom is -0.497 e. The maximum absolute atomic E-state index is 13.2. The average molecular weight is 421 g/mol. The molecule has 8 nitrogen and oxygen atoms in total. The smallest absolute Gasteiger partial charge is 0.262 e. The summed E-state index contributed by atoms with van der Waals surface area (Å²) in [6, 6.07) is 14.4. The summed E-state index contributed by atoms with van der Waals surface area (Å²) in [5.74, 6) is 2.07. The predicted octanol–water partition coefficient (Wildman–Crippen LogP) is 3.89. The van der Waals surface area contributed by atoms with Crippen molar-refractivity contribution in [2.24, 2.45) is 0 Å². The molecule has 1 aromatic heterocycles. The monoisotopic (exact) mass is 421 g/mol. The Bertz CT molecular complexity index is 1080. The van der Waals surface area contributed by atoms with Crippen LogP contribution in [-0.4, -0.2) is 39.3 Å². The minimum absolute atomic E-state index is 0.141. The number of fused-ring (bicyclic) bond motifs is 1. The van der Waals surface area contributed by atoms with Gasteiger partial charge in [-0.05, 0) is 36.4 Å². The van der Waals surface area contributed by atoms with Crippen LogP contribution in [0.5, 0.6) is 23.0 Å². The van der Waals surface area contributed by atoms with Crippen LogP contribution in [0.1, 0.15) is 22.2 Å². The molecule has 3 aromatic rings. The van der Waals surface area contributed by atoms with E-state index in [1.807, 2.05) is 24.3 Å². The summed E-state index contributed by atoms with van der Waals surface area (Å²) in [6.07, 6.45) is 1.15. The first-order valence-corrected chi connectivity index (χ1v) is 9.60. The van der Waals surface area contributed by atoms with Crippen molar-refractivity contribution in [1.29, 1.82) is 0 Å². The third kappa shape index (κ3) is 3.56. The van der Waals surface area contributed by atoms with E-state index in [2.05, 4.69) is 10.3 Å². The summed E-state index contributed by atoms with van der Waals surface area (Å²) >= 11 is 0. The number of hydrogen-bond acceptors (Lipinski definition) is 7. The highest BCUT2D eigenvalue weighted by atomic mass is 16.5. The van der Waals surface area contributed by atoms with Crippen molar-refractivity contribution in [3.63, 3.8) is 0 Å². The van der Waals surface area contributed by atoms with Crippen LogP contribution in [-0.2, 0) is 0 Å². The van der Waals surface area contributed by atoms with E-state index in [4.69, 9.17) is 18.9 Å². The molecule has 31 heavy (non-hydrogen) atoms. The van der Waals surface area contributed by atoms with Crippen LogP contribution in [0.2, 0.25) is 0 Å². The molecule has 0 saturated carbocycles. The molecule has 160 valence electrons. The Labute approximate surface area is 180 Å². The van der Waals surface area contributed by atoms with Crippen molar-refractivity contribution in [2.45, 2.75) is 6.17 Å². The number of rotatable bonds is 7. The lowest BCUT2D eigenvalue weighted by atomic mass is 10.2. The van der Waals surface area contributed by atoms with Gasteiger partial charge >= 0.3 is 0 Å². The Kier molecular flexibility index (Phi) is 5.53. The van der Waals surface area contributed by atoms with Gasteiger partial charge in [-0.15, -0.1) is 0 Å². The van der Waals surface area contributed by atoms with Crippen LogP contribution < -0.4 is 29.2 Å². The number of ether oxygens (including phenoxy) is 4. The summed E-state index contributed by atoms with van der Waals surface area (Å²) in [5, 5.41) is 3.40. The third-order valence-electron chi connectivity index (χ3n) is 5.12. The SMILES string of the molecule is COc1ccc(N2C(=O)c3cccnc3[C@H]2Nc2cc(OC)c(OC)c(OC)c2)cc1. The van der Waals surface area contributed by atoms with Gasteiger partial charge in [0.2, 0.25) is 5.75 Å². The molecule has 4 rings (SSSR count). The van der Waals surface area contributed by atoms with E-state index in [1.165, 1.54) is 0 Å². The lowest BCUT2D eigenvalue weighted by molar-refractivity contribution is 0.0993. The van der Waals surface area contributed by atoms with Crippen molar-refractivity contribution in [2.75, 3.05) is 38.7 Å². The molecule has 1 aliphatic heterocycles. The molecule has 0 spiro atoms. The zero-order valence-corrected chi connectivity index (χ0v) is 17.7. The number of nitrogens with one attached hydrogen (secondary N) is 1. The molecular formula is C23H23N3O5. The first-order chi connectivity index (χ1) is 15.1. The third-order valence-corrected chi connectivity index (χ3v) is 5.12. The number of carbonyl (C=O) groups excluding carboxylic acids is 1. The lowest BCUT2D eigenvalue weighted by Crippen LogP contribution is -2.32. The lowest BCUT2D eigenvalue weighted by Gasteiger charge is -2.27. The van der Waals surface area contributed by atoms with Crippen molar-refractivity contribution >= 4 is 17.3 Å². The number of nitrogens with zero attached hydrogens (tertiary/aromatic N) is 2. The van der Waals surface area contributed by atoms with Gasteiger partial charge in [-0.3, -0.25) is 14.7 Å². The zero-order chi connectivity index (χ0) is 22.0. The van der Waals surface area contributed by atoms with Crippen LogP contribution in [0.4, 0.5) is 11.4 Å². The van der Waals surface area contributed by atoms with Crippen molar-refractivity contribution in [3.05, 3.63) is 66.0 Å². The number of anilines is 2. The Morgan fingerprint density at radius 3 is 2.16 bits per heavy atom. The highest BCUT2D eigenvalue weighted by Gasteiger charge is 2.39. The van der Waals surface area contributed by atoms with Crippen LogP contribution >= 0.6 is 0 Å². The van der Waals surface area contributed by atoms with Crippen LogP contribution in [0, 0.1) is 0 Å². The molecule has 0 unspecified atom stereocenters. The summed E-state index contributed by atoms with van der Waals surface area (Å²) in [6.45, 7) is 0. The maximum Gasteiger partial charge on any atom is 0.262 e. The fraction of sp³-hybridized carbons (Fsp3) is 0.217. The Hall–Kier alpha value is -3.94. The van der Waals surface area contributed by atoms with E-state index in [1.54, 1.807) is 63.8 Å². The zero-order valence-electron chi connectivity index (χ0n) is 17.7. The molecule has 1 aliphatic rings. The molecule has 8 heteroatoms. The molecular weight excluding hydrogens is 398 g/mol. The molecule has 0 saturated heterocycles. The predicted molar refractivity (Wildman–Crippen MR) is 117 cm³/mol. The highest BCUT2D eigenvalue weighted by Crippen LogP contribution is 2.43. The number of carbonyl (C=O) groups is 1. The van der Waals surface area contributed by atoms with Crippen LogP contribution in [0.3, 0.4) is 0 Å². The van der Waals surface area contributed by atoms with E-state index in [9.17, 15) is 4.79 Å². The number of benzene rings is 2. The van der Waals surface area contributed by atoms with Crippen LogP contribution in [0.25, 0.3) is 0 Å². The number of hydrogen-bond donors (Lipinski definition) is 1. The fourth-order valence-corrected chi connectivity index (χ4v) is 3.65. The van der Waals surface area contributed by atoms with Gasteiger partial charge < -0.3 is 24.3 Å². The second kappa shape index (κ2) is 8.43. The average Bonchev–Trinajstić information content (AvgIpc) is 3.09. The van der Waals surface area contributed by atoms with Gasteiger partial charge in [0, 0.05) is 29.7 Å². The van der Waals surface area contributed by atoms with E-state index < -0.39 is 6.17 Å². The summed E-state index contributed by atoms with van der Waals surface area (Å²) < 4.78 is 21.6. The van der Waals surface area contributed by atoms with E-state index in [0.29, 0.717) is 45.6 Å². The van der Waals surface area contributed by atoms with Crippen LogP contribution in [0.15, 0.2) is 54.7 Å². The van der Waals surface area contributed by atoms with E-state index >= 15 is 0 Å². The minimum atomic E-state index is -0.528. The van der Waals surface area contributed by atoms with Crippen molar-refractivity contribution in [1.82, 2.24) is 4.98 Å². The fourth-order valence-electron chi connectivity index (χ4n) is 3.65. The standard InChI is InChI=1S/C23H23N3O5/c1-28-16-9-7-15(8-10-16)26-22(20-17(23(26)27)6-5-11-24-20)25-14-12-18(29-2)21(31-4)19(13-14)30-3/h5-13,22,25H,1-4H3/t22-/m0/s1. The normalized spacial score (nSPS) is 14.8. The second-order valence-electron chi connectivity index (χ2n) is 6.77. The quantitative estimate of drug-likeness (QED) is 0.620. The molecule has 1 N–H and O–H groups in total.